The van der Waals surface area contributed by atoms with Crippen LogP contribution in [0.15, 0.2) is 53.3 Å². The summed E-state index contributed by atoms with van der Waals surface area (Å²) in [6.07, 6.45) is 0. The van der Waals surface area contributed by atoms with E-state index in [0.717, 1.165) is 28.1 Å². The fourth-order valence-electron chi connectivity index (χ4n) is 3.21. The van der Waals surface area contributed by atoms with E-state index >= 15 is 0 Å². The largest absolute Gasteiger partial charge is 0.343 e. The van der Waals surface area contributed by atoms with Crippen molar-refractivity contribution in [3.63, 3.8) is 0 Å². The van der Waals surface area contributed by atoms with Gasteiger partial charge < -0.3 is 0 Å². The van der Waals surface area contributed by atoms with Crippen LogP contribution in [0.4, 0.5) is 0 Å². The lowest BCUT2D eigenvalue weighted by Gasteiger charge is -2.18. The topological polar surface area (TPSA) is 105 Å². The lowest BCUT2D eigenvalue weighted by atomic mass is 9.95. The van der Waals surface area contributed by atoms with Crippen LogP contribution in [0.1, 0.15) is 32.2 Å². The van der Waals surface area contributed by atoms with Crippen molar-refractivity contribution in [2.45, 2.75) is 32.7 Å². The summed E-state index contributed by atoms with van der Waals surface area (Å²) in [7, 11) is 0. The molecule has 0 unspecified atom stereocenters. The molecule has 0 fully saturated rings. The van der Waals surface area contributed by atoms with Crippen LogP contribution in [0.25, 0.3) is 22.5 Å². The minimum absolute atomic E-state index is 0.198. The zero-order valence-corrected chi connectivity index (χ0v) is 16.0. The summed E-state index contributed by atoms with van der Waals surface area (Å²) in [5.41, 5.74) is 3.57. The van der Waals surface area contributed by atoms with E-state index in [4.69, 9.17) is 0 Å². The van der Waals surface area contributed by atoms with Gasteiger partial charge in [0, 0.05) is 11.0 Å². The summed E-state index contributed by atoms with van der Waals surface area (Å²) >= 11 is 0. The maximum absolute atomic E-state index is 12.2. The zero-order chi connectivity index (χ0) is 19.7. The molecule has 0 saturated heterocycles. The molecule has 4 rings (SSSR count). The number of rotatable bonds is 4. The molecule has 28 heavy (non-hydrogen) atoms. The van der Waals surface area contributed by atoms with Crippen molar-refractivity contribution in [3.8, 4) is 22.5 Å². The third-order valence-corrected chi connectivity index (χ3v) is 4.55. The molecular weight excluding hydrogens is 354 g/mol. The highest BCUT2D eigenvalue weighted by Crippen LogP contribution is 2.30. The molecule has 2 aromatic carbocycles. The molecule has 8 heteroatoms. The van der Waals surface area contributed by atoms with Crippen molar-refractivity contribution in [1.82, 2.24) is 35.4 Å². The van der Waals surface area contributed by atoms with E-state index in [-0.39, 0.29) is 11.1 Å². The first kappa shape index (κ1) is 17.8. The second-order valence-electron chi connectivity index (χ2n) is 7.67. The van der Waals surface area contributed by atoms with Gasteiger partial charge in [0.05, 0.1) is 6.54 Å². The first-order valence-electron chi connectivity index (χ1n) is 9.01. The molecule has 0 bridgehead atoms. The van der Waals surface area contributed by atoms with Gasteiger partial charge in [0.2, 0.25) is 5.82 Å². The lowest BCUT2D eigenvalue weighted by Crippen LogP contribution is -2.25. The Labute approximate surface area is 161 Å². The molecule has 4 aromatic rings. The van der Waals surface area contributed by atoms with Gasteiger partial charge in [0.1, 0.15) is 5.82 Å². The summed E-state index contributed by atoms with van der Waals surface area (Å²) in [6, 6.07) is 16.0. The van der Waals surface area contributed by atoms with Gasteiger partial charge in [-0.1, -0.05) is 69.3 Å². The molecule has 2 heterocycles. The number of aromatic amines is 2. The van der Waals surface area contributed by atoms with Crippen molar-refractivity contribution in [1.29, 1.82) is 0 Å². The molecule has 142 valence electrons. The van der Waals surface area contributed by atoms with Crippen molar-refractivity contribution in [3.05, 3.63) is 70.4 Å². The Balaban J connectivity index is 1.65. The highest BCUT2D eigenvalue weighted by atomic mass is 16.1. The Morgan fingerprint density at radius 3 is 2.32 bits per heavy atom. The average Bonchev–Trinajstić information content (AvgIpc) is 3.33. The van der Waals surface area contributed by atoms with Crippen LogP contribution in [0.3, 0.4) is 0 Å². The van der Waals surface area contributed by atoms with Gasteiger partial charge in [0.15, 0.2) is 0 Å². The van der Waals surface area contributed by atoms with Crippen LogP contribution in [0, 0.1) is 0 Å². The monoisotopic (exact) mass is 375 g/mol. The van der Waals surface area contributed by atoms with Crippen molar-refractivity contribution >= 4 is 0 Å². The van der Waals surface area contributed by atoms with Gasteiger partial charge >= 0.3 is 5.69 Å². The zero-order valence-electron chi connectivity index (χ0n) is 16.0. The van der Waals surface area contributed by atoms with Crippen LogP contribution in [0.2, 0.25) is 0 Å². The average molecular weight is 375 g/mol. The van der Waals surface area contributed by atoms with Gasteiger partial charge in [-0.2, -0.15) is 10.3 Å². The second-order valence-corrected chi connectivity index (χ2v) is 7.67. The predicted molar refractivity (Wildman–Crippen MR) is 106 cm³/mol. The van der Waals surface area contributed by atoms with E-state index in [1.54, 1.807) is 4.57 Å². The smallest absolute Gasteiger partial charge is 0.274 e. The van der Waals surface area contributed by atoms with Crippen molar-refractivity contribution in [2.75, 3.05) is 0 Å². The Bertz CT molecular complexity index is 1130. The van der Waals surface area contributed by atoms with Crippen LogP contribution in [0.5, 0.6) is 0 Å². The summed E-state index contributed by atoms with van der Waals surface area (Å²) < 4.78 is 1.68. The number of H-pyrrole nitrogens is 2. The number of hydrogen-bond acceptors (Lipinski definition) is 5. The predicted octanol–water partition coefficient (Wildman–Crippen LogP) is 2.76. The summed E-state index contributed by atoms with van der Waals surface area (Å²) in [5, 5.41) is 21.1. The number of nitrogens with zero attached hydrogens (tertiary/aromatic N) is 5. The van der Waals surface area contributed by atoms with E-state index in [1.807, 2.05) is 69.3 Å². The fraction of sp³-hybridized carbons (Fsp3) is 0.250. The molecule has 0 atom stereocenters. The molecule has 0 aliphatic heterocycles. The summed E-state index contributed by atoms with van der Waals surface area (Å²) in [6.45, 7) is 6.58. The molecular formula is C20H21N7O. The molecule has 2 aromatic heterocycles. The molecule has 0 aliphatic rings. The molecule has 0 amide bonds. The summed E-state index contributed by atoms with van der Waals surface area (Å²) in [5.74, 6) is 1.29. The third-order valence-electron chi connectivity index (χ3n) is 4.55. The Kier molecular flexibility index (Phi) is 4.38. The van der Waals surface area contributed by atoms with Gasteiger partial charge in [-0.05, 0) is 21.9 Å². The van der Waals surface area contributed by atoms with E-state index < -0.39 is 0 Å². The van der Waals surface area contributed by atoms with Gasteiger partial charge in [-0.25, -0.2) is 9.89 Å². The SMILES string of the molecule is CC(C)(C)c1n[nH]c(=O)n1Cc1ccc(-c2ccccc2-c2nn[nH]n2)cc1. The van der Waals surface area contributed by atoms with E-state index in [2.05, 4.69) is 30.8 Å². The molecule has 2 N–H and O–H groups in total. The van der Waals surface area contributed by atoms with Gasteiger partial charge in [-0.3, -0.25) is 4.57 Å². The minimum atomic E-state index is -0.220. The number of tetrazole rings is 1. The highest BCUT2D eigenvalue weighted by Gasteiger charge is 2.22. The van der Waals surface area contributed by atoms with Crippen molar-refractivity contribution in [2.24, 2.45) is 0 Å². The maximum atomic E-state index is 12.2. The quantitative estimate of drug-likeness (QED) is 0.571. The minimum Gasteiger partial charge on any atom is -0.274 e. The fourth-order valence-corrected chi connectivity index (χ4v) is 3.21. The van der Waals surface area contributed by atoms with Gasteiger partial charge in [0.25, 0.3) is 0 Å². The first-order valence-corrected chi connectivity index (χ1v) is 9.01. The molecule has 8 nitrogen and oxygen atoms in total. The third kappa shape index (κ3) is 3.36. The molecule has 0 saturated carbocycles. The Morgan fingerprint density at radius 1 is 0.964 bits per heavy atom. The van der Waals surface area contributed by atoms with Crippen LogP contribution in [-0.4, -0.2) is 35.4 Å². The Morgan fingerprint density at radius 2 is 1.68 bits per heavy atom. The summed E-state index contributed by atoms with van der Waals surface area (Å²) in [4.78, 5) is 12.2. The van der Waals surface area contributed by atoms with Crippen molar-refractivity contribution < 1.29 is 0 Å². The number of hydrogen-bond donors (Lipinski definition) is 2. The van der Waals surface area contributed by atoms with Gasteiger partial charge in [-0.15, -0.1) is 10.2 Å². The maximum Gasteiger partial charge on any atom is 0.343 e. The molecule has 0 spiro atoms. The van der Waals surface area contributed by atoms with E-state index in [9.17, 15) is 4.79 Å². The lowest BCUT2D eigenvalue weighted by molar-refractivity contribution is 0.506. The van der Waals surface area contributed by atoms with Crippen LogP contribution in [-0.2, 0) is 12.0 Å². The first-order chi connectivity index (χ1) is 13.4. The normalized spacial score (nSPS) is 11.7. The second kappa shape index (κ2) is 6.88. The molecule has 0 radical (unpaired) electrons. The van der Waals surface area contributed by atoms with E-state index in [1.165, 1.54) is 0 Å². The number of benzene rings is 2. The Hall–Kier alpha value is -3.55. The number of nitrogens with one attached hydrogen (secondary N) is 2. The van der Waals surface area contributed by atoms with Crippen LogP contribution >= 0.6 is 0 Å². The van der Waals surface area contributed by atoms with E-state index in [0.29, 0.717) is 12.4 Å². The number of aromatic nitrogens is 7. The standard InChI is InChI=1S/C20H21N7O/c1-20(2,3)18-23-24-19(28)27(18)12-13-8-10-14(11-9-13)15-6-4-5-7-16(15)17-21-25-26-22-17/h4-11H,12H2,1-3H3,(H,24,28)(H,21,22,25,26). The highest BCUT2D eigenvalue weighted by molar-refractivity contribution is 5.80. The molecule has 0 aliphatic carbocycles. The van der Waals surface area contributed by atoms with Crippen LogP contribution < -0.4 is 5.69 Å².